The third-order valence-electron chi connectivity index (χ3n) is 3.50. The van der Waals surface area contributed by atoms with Crippen LogP contribution in [-0.2, 0) is 5.72 Å². The Morgan fingerprint density at radius 3 is 2.48 bits per heavy atom. The predicted octanol–water partition coefficient (Wildman–Crippen LogP) is 3.10. The predicted molar refractivity (Wildman–Crippen MR) is 94.0 cm³/mol. The van der Waals surface area contributed by atoms with Crippen molar-refractivity contribution in [3.8, 4) is 0 Å². The minimum atomic E-state index is -1.27. The van der Waals surface area contributed by atoms with Gasteiger partial charge >= 0.3 is 0 Å². The van der Waals surface area contributed by atoms with Gasteiger partial charge in [-0.2, -0.15) is 0 Å². The van der Waals surface area contributed by atoms with Gasteiger partial charge in [0.1, 0.15) is 0 Å². The van der Waals surface area contributed by atoms with Crippen molar-refractivity contribution in [2.24, 2.45) is 0 Å². The lowest BCUT2D eigenvalue weighted by molar-refractivity contribution is -0.384. The van der Waals surface area contributed by atoms with Crippen LogP contribution in [0.5, 0.6) is 0 Å². The molecule has 0 aliphatic carbocycles. The minimum absolute atomic E-state index is 0.00671. The van der Waals surface area contributed by atoms with Crippen molar-refractivity contribution in [1.82, 2.24) is 5.01 Å². The second-order valence-corrected chi connectivity index (χ2v) is 6.60. The number of nitro benzene ring substituents is 1. The SMILES string of the molecule is O=[N+]([O-])c1ccc(NN2C(=S)SCC2(O)c2ccccc2)cc1. The lowest BCUT2D eigenvalue weighted by Crippen LogP contribution is -2.47. The average Bonchev–Trinajstić information content (AvgIpc) is 2.86. The fourth-order valence-corrected chi connectivity index (χ4v) is 3.60. The number of nitrogens with one attached hydrogen (secondary N) is 1. The van der Waals surface area contributed by atoms with Gasteiger partial charge in [0, 0.05) is 17.7 Å². The molecule has 0 bridgehead atoms. The maximum Gasteiger partial charge on any atom is 0.269 e. The molecular formula is C15H13N3O3S2. The van der Waals surface area contributed by atoms with Crippen molar-refractivity contribution in [2.75, 3.05) is 11.2 Å². The molecule has 2 aromatic carbocycles. The first-order valence-electron chi connectivity index (χ1n) is 6.77. The normalized spacial score (nSPS) is 20.6. The number of aliphatic hydroxyl groups is 1. The molecule has 0 radical (unpaired) electrons. The molecule has 2 aromatic rings. The van der Waals surface area contributed by atoms with Gasteiger partial charge in [-0.25, -0.2) is 5.01 Å². The van der Waals surface area contributed by atoms with Crippen LogP contribution in [-0.4, -0.2) is 25.1 Å². The Morgan fingerprint density at radius 1 is 1.22 bits per heavy atom. The third kappa shape index (κ3) is 3.00. The number of benzene rings is 2. The topological polar surface area (TPSA) is 78.6 Å². The second-order valence-electron chi connectivity index (χ2n) is 4.99. The number of thiocarbonyl (C=S) groups is 1. The Kier molecular flexibility index (Phi) is 4.20. The highest BCUT2D eigenvalue weighted by Gasteiger charge is 2.44. The van der Waals surface area contributed by atoms with E-state index >= 15 is 0 Å². The van der Waals surface area contributed by atoms with Gasteiger partial charge in [0.15, 0.2) is 10.0 Å². The van der Waals surface area contributed by atoms with Gasteiger partial charge in [-0.15, -0.1) is 0 Å². The first-order valence-corrected chi connectivity index (χ1v) is 8.16. The number of rotatable bonds is 4. The third-order valence-corrected chi connectivity index (χ3v) is 5.02. The van der Waals surface area contributed by atoms with Crippen molar-refractivity contribution in [3.05, 3.63) is 70.3 Å². The fourth-order valence-electron chi connectivity index (χ4n) is 2.28. The second kappa shape index (κ2) is 6.15. The number of hydrazine groups is 1. The summed E-state index contributed by atoms with van der Waals surface area (Å²) >= 11 is 6.69. The summed E-state index contributed by atoms with van der Waals surface area (Å²) in [6.45, 7) is 0. The Hall–Kier alpha value is -2.16. The Morgan fingerprint density at radius 2 is 1.87 bits per heavy atom. The van der Waals surface area contributed by atoms with E-state index in [1.54, 1.807) is 12.1 Å². The zero-order valence-electron chi connectivity index (χ0n) is 11.9. The molecule has 23 heavy (non-hydrogen) atoms. The molecule has 0 spiro atoms. The van der Waals surface area contributed by atoms with Gasteiger partial charge < -0.3 is 5.11 Å². The smallest absolute Gasteiger partial charge is 0.269 e. The van der Waals surface area contributed by atoms with E-state index in [0.717, 1.165) is 5.56 Å². The monoisotopic (exact) mass is 347 g/mol. The molecule has 3 rings (SSSR count). The molecule has 1 aliphatic rings. The molecule has 1 aliphatic heterocycles. The van der Waals surface area contributed by atoms with Crippen molar-refractivity contribution >= 4 is 39.7 Å². The molecule has 1 saturated heterocycles. The van der Waals surface area contributed by atoms with Gasteiger partial charge in [-0.3, -0.25) is 15.5 Å². The molecule has 118 valence electrons. The fraction of sp³-hybridized carbons (Fsp3) is 0.133. The summed E-state index contributed by atoms with van der Waals surface area (Å²) in [5, 5.41) is 23.3. The van der Waals surface area contributed by atoms with Gasteiger partial charge in [-0.05, 0) is 12.1 Å². The standard InChI is InChI=1S/C15H13N3O3S2/c19-15(11-4-2-1-3-5-11)10-23-14(22)17(15)16-12-6-8-13(9-7-12)18(20)21/h1-9,16,19H,10H2. The molecule has 1 heterocycles. The molecule has 8 heteroatoms. The summed E-state index contributed by atoms with van der Waals surface area (Å²) in [4.78, 5) is 10.2. The molecule has 0 saturated carbocycles. The number of anilines is 1. The molecule has 2 N–H and O–H groups in total. The van der Waals surface area contributed by atoms with Crippen molar-refractivity contribution in [2.45, 2.75) is 5.72 Å². The summed E-state index contributed by atoms with van der Waals surface area (Å²) in [5.74, 6) is 0.399. The highest BCUT2D eigenvalue weighted by Crippen LogP contribution is 2.39. The maximum atomic E-state index is 11.0. The maximum absolute atomic E-state index is 11.0. The van der Waals surface area contributed by atoms with Crippen LogP contribution in [0, 0.1) is 10.1 Å². The molecule has 0 aromatic heterocycles. The largest absolute Gasteiger partial charge is 0.365 e. The van der Waals surface area contributed by atoms with Crippen LogP contribution in [0.3, 0.4) is 0 Å². The van der Waals surface area contributed by atoms with Crippen LogP contribution in [0.25, 0.3) is 0 Å². The molecule has 1 fully saturated rings. The van der Waals surface area contributed by atoms with E-state index in [4.69, 9.17) is 12.2 Å². The van der Waals surface area contributed by atoms with Crippen LogP contribution in [0.2, 0.25) is 0 Å². The first kappa shape index (κ1) is 15.7. The Balaban J connectivity index is 1.87. The lowest BCUT2D eigenvalue weighted by atomic mass is 10.0. The first-order chi connectivity index (χ1) is 11.0. The highest BCUT2D eigenvalue weighted by molar-refractivity contribution is 8.23. The quantitative estimate of drug-likeness (QED) is 0.500. The Bertz CT molecular complexity index is 739. The van der Waals surface area contributed by atoms with E-state index in [1.165, 1.54) is 28.9 Å². The number of hydrogen-bond donors (Lipinski definition) is 2. The van der Waals surface area contributed by atoms with E-state index in [2.05, 4.69) is 5.43 Å². The van der Waals surface area contributed by atoms with Gasteiger partial charge in [0.25, 0.3) is 5.69 Å². The van der Waals surface area contributed by atoms with Crippen LogP contribution in [0.15, 0.2) is 54.6 Å². The minimum Gasteiger partial charge on any atom is -0.365 e. The summed E-state index contributed by atoms with van der Waals surface area (Å²) < 4.78 is 0.509. The number of thioether (sulfide) groups is 1. The molecule has 1 atom stereocenters. The van der Waals surface area contributed by atoms with Crippen LogP contribution >= 0.6 is 24.0 Å². The van der Waals surface area contributed by atoms with E-state index < -0.39 is 10.6 Å². The number of nitro groups is 1. The molecular weight excluding hydrogens is 334 g/mol. The van der Waals surface area contributed by atoms with Crippen LogP contribution in [0.4, 0.5) is 11.4 Å². The highest BCUT2D eigenvalue weighted by atomic mass is 32.2. The van der Waals surface area contributed by atoms with Gasteiger partial charge in [-0.1, -0.05) is 54.3 Å². The van der Waals surface area contributed by atoms with Crippen molar-refractivity contribution in [3.63, 3.8) is 0 Å². The van der Waals surface area contributed by atoms with E-state index in [9.17, 15) is 15.2 Å². The summed E-state index contributed by atoms with van der Waals surface area (Å²) in [6, 6.07) is 15.2. The average molecular weight is 347 g/mol. The van der Waals surface area contributed by atoms with Crippen LogP contribution < -0.4 is 5.43 Å². The zero-order chi connectivity index (χ0) is 16.4. The summed E-state index contributed by atoms with van der Waals surface area (Å²) in [5.41, 5.74) is 3.11. The Labute approximate surface area is 142 Å². The van der Waals surface area contributed by atoms with Gasteiger partial charge in [0.05, 0.1) is 16.4 Å². The zero-order valence-corrected chi connectivity index (χ0v) is 13.5. The number of nitrogens with zero attached hydrogens (tertiary/aromatic N) is 2. The summed E-state index contributed by atoms with van der Waals surface area (Å²) in [6.07, 6.45) is 0. The molecule has 0 amide bonds. The van der Waals surface area contributed by atoms with Gasteiger partial charge in [0.2, 0.25) is 0 Å². The van der Waals surface area contributed by atoms with Crippen molar-refractivity contribution < 1.29 is 10.0 Å². The summed E-state index contributed by atoms with van der Waals surface area (Å²) in [7, 11) is 0. The number of non-ortho nitro benzene ring substituents is 1. The van der Waals surface area contributed by atoms with E-state index in [1.807, 2.05) is 30.3 Å². The number of hydrogen-bond acceptors (Lipinski definition) is 6. The van der Waals surface area contributed by atoms with E-state index in [0.29, 0.717) is 15.8 Å². The molecule has 6 nitrogen and oxygen atoms in total. The lowest BCUT2D eigenvalue weighted by Gasteiger charge is -2.34. The van der Waals surface area contributed by atoms with Crippen molar-refractivity contribution in [1.29, 1.82) is 0 Å². The molecule has 1 unspecified atom stereocenters. The van der Waals surface area contributed by atoms with Crippen LogP contribution in [0.1, 0.15) is 5.56 Å². The van der Waals surface area contributed by atoms with E-state index in [-0.39, 0.29) is 5.69 Å².